The Morgan fingerprint density at radius 3 is 2.14 bits per heavy atom. The normalized spacial score (nSPS) is 13.7. The Bertz CT molecular complexity index is 715. The molecule has 0 spiro atoms. The van der Waals surface area contributed by atoms with Crippen molar-refractivity contribution < 1.29 is 19.2 Å². The van der Waals surface area contributed by atoms with Gasteiger partial charge in [-0.15, -0.1) is 0 Å². The van der Waals surface area contributed by atoms with Crippen molar-refractivity contribution in [1.82, 2.24) is 5.06 Å². The molecule has 0 aromatic heterocycles. The molecule has 0 fully saturated rings. The fourth-order valence-electron chi connectivity index (χ4n) is 2.44. The van der Waals surface area contributed by atoms with Crippen LogP contribution in [-0.4, -0.2) is 22.8 Å². The van der Waals surface area contributed by atoms with Gasteiger partial charge in [-0.1, -0.05) is 36.3 Å². The Labute approximate surface area is 121 Å². The summed E-state index contributed by atoms with van der Waals surface area (Å²) in [6.45, 7) is 1.82. The standard InChI is InChI=1S/C16H13NO4/c1-2-5-13(18)21-17-15(19)11-8-3-6-10-7-4-9-12(14(10)11)16(17)20/h3-4,6-9H,2,5H2,1H3. The Balaban J connectivity index is 2.09. The van der Waals surface area contributed by atoms with Crippen LogP contribution < -0.4 is 0 Å². The Morgan fingerprint density at radius 2 is 1.62 bits per heavy atom. The number of hydrogen-bond donors (Lipinski definition) is 0. The van der Waals surface area contributed by atoms with E-state index in [-0.39, 0.29) is 6.42 Å². The zero-order valence-electron chi connectivity index (χ0n) is 11.5. The molecule has 106 valence electrons. The SMILES string of the molecule is CCCC(=O)ON1C(=O)c2cccc3cccc(c23)C1=O. The predicted octanol–water partition coefficient (Wildman–Crippen LogP) is 2.69. The lowest BCUT2D eigenvalue weighted by molar-refractivity contribution is -0.169. The maximum absolute atomic E-state index is 12.4. The van der Waals surface area contributed by atoms with Gasteiger partial charge in [-0.25, -0.2) is 4.79 Å². The van der Waals surface area contributed by atoms with Crippen molar-refractivity contribution in [1.29, 1.82) is 0 Å². The molecule has 0 aliphatic carbocycles. The van der Waals surface area contributed by atoms with E-state index < -0.39 is 17.8 Å². The summed E-state index contributed by atoms with van der Waals surface area (Å²) in [5.41, 5.74) is 0.735. The van der Waals surface area contributed by atoms with Crippen LogP contribution in [0.3, 0.4) is 0 Å². The van der Waals surface area contributed by atoms with Crippen molar-refractivity contribution in [2.75, 3.05) is 0 Å². The summed E-state index contributed by atoms with van der Waals surface area (Å²) in [5, 5.41) is 1.98. The zero-order chi connectivity index (χ0) is 15.0. The average molecular weight is 283 g/mol. The second-order valence-electron chi connectivity index (χ2n) is 4.83. The maximum Gasteiger partial charge on any atom is 0.333 e. The second kappa shape index (κ2) is 5.01. The maximum atomic E-state index is 12.4. The number of imide groups is 1. The Morgan fingerprint density at radius 1 is 1.05 bits per heavy atom. The van der Waals surface area contributed by atoms with Gasteiger partial charge in [-0.05, 0) is 23.9 Å². The van der Waals surface area contributed by atoms with Gasteiger partial charge in [0, 0.05) is 11.8 Å². The molecule has 0 saturated carbocycles. The third-order valence-corrected chi connectivity index (χ3v) is 3.38. The lowest BCUT2D eigenvalue weighted by Crippen LogP contribution is -2.41. The number of benzene rings is 2. The second-order valence-corrected chi connectivity index (χ2v) is 4.83. The van der Waals surface area contributed by atoms with Crippen LogP contribution in [0.2, 0.25) is 0 Å². The molecule has 0 unspecified atom stereocenters. The summed E-state index contributed by atoms with van der Waals surface area (Å²) in [5.74, 6) is -1.80. The number of hydrogen-bond acceptors (Lipinski definition) is 4. The van der Waals surface area contributed by atoms with Crippen molar-refractivity contribution in [2.24, 2.45) is 0 Å². The number of carbonyl (C=O) groups excluding carboxylic acids is 3. The summed E-state index contributed by atoms with van der Waals surface area (Å²) in [6, 6.07) is 10.4. The van der Waals surface area contributed by atoms with E-state index in [9.17, 15) is 14.4 Å². The van der Waals surface area contributed by atoms with Crippen LogP contribution in [0.25, 0.3) is 10.8 Å². The monoisotopic (exact) mass is 283 g/mol. The van der Waals surface area contributed by atoms with Gasteiger partial charge in [0.15, 0.2) is 0 Å². The molecule has 0 saturated heterocycles. The number of nitrogens with zero attached hydrogens (tertiary/aromatic N) is 1. The molecule has 0 N–H and O–H groups in total. The van der Waals surface area contributed by atoms with Crippen molar-refractivity contribution in [2.45, 2.75) is 19.8 Å². The highest BCUT2D eigenvalue weighted by Gasteiger charge is 2.35. The molecule has 3 rings (SSSR count). The molecule has 2 aromatic rings. The third-order valence-electron chi connectivity index (χ3n) is 3.38. The van der Waals surface area contributed by atoms with Crippen LogP contribution in [0, 0.1) is 0 Å². The summed E-state index contributed by atoms with van der Waals surface area (Å²) in [4.78, 5) is 41.3. The van der Waals surface area contributed by atoms with E-state index in [4.69, 9.17) is 4.84 Å². The van der Waals surface area contributed by atoms with Crippen LogP contribution in [0.5, 0.6) is 0 Å². The van der Waals surface area contributed by atoms with Crippen molar-refractivity contribution >= 4 is 28.6 Å². The van der Waals surface area contributed by atoms with Gasteiger partial charge in [-0.3, -0.25) is 9.59 Å². The van der Waals surface area contributed by atoms with Crippen LogP contribution in [0.1, 0.15) is 40.5 Å². The molecule has 1 heterocycles. The van der Waals surface area contributed by atoms with E-state index in [1.807, 2.05) is 19.1 Å². The van der Waals surface area contributed by atoms with Gasteiger partial charge in [-0.2, -0.15) is 0 Å². The smallest absolute Gasteiger partial charge is 0.330 e. The number of carbonyl (C=O) groups is 3. The van der Waals surface area contributed by atoms with Crippen molar-refractivity contribution in [3.05, 3.63) is 47.5 Å². The van der Waals surface area contributed by atoms with E-state index in [2.05, 4.69) is 0 Å². The molecule has 5 heteroatoms. The van der Waals surface area contributed by atoms with Gasteiger partial charge >= 0.3 is 5.97 Å². The molecule has 0 atom stereocenters. The molecule has 0 bridgehead atoms. The van der Waals surface area contributed by atoms with E-state index in [1.54, 1.807) is 24.3 Å². The molecule has 2 aromatic carbocycles. The molecule has 2 amide bonds. The van der Waals surface area contributed by atoms with Crippen molar-refractivity contribution in [3.8, 4) is 0 Å². The Kier molecular flexibility index (Phi) is 3.17. The summed E-state index contributed by atoms with van der Waals surface area (Å²) in [7, 11) is 0. The summed E-state index contributed by atoms with van der Waals surface area (Å²) >= 11 is 0. The van der Waals surface area contributed by atoms with Crippen LogP contribution in [-0.2, 0) is 9.63 Å². The minimum absolute atomic E-state index is 0.156. The van der Waals surface area contributed by atoms with Gasteiger partial charge in [0.1, 0.15) is 0 Å². The van der Waals surface area contributed by atoms with Gasteiger partial charge in [0.25, 0.3) is 11.8 Å². The number of rotatable bonds is 3. The minimum Gasteiger partial charge on any atom is -0.330 e. The molecule has 1 aliphatic rings. The van der Waals surface area contributed by atoms with Gasteiger partial charge in [0.05, 0.1) is 11.1 Å². The molecule has 21 heavy (non-hydrogen) atoms. The van der Waals surface area contributed by atoms with E-state index in [0.717, 1.165) is 5.39 Å². The Hall–Kier alpha value is -2.69. The highest BCUT2D eigenvalue weighted by Crippen LogP contribution is 2.30. The molecule has 5 nitrogen and oxygen atoms in total. The largest absolute Gasteiger partial charge is 0.333 e. The van der Waals surface area contributed by atoms with Gasteiger partial charge < -0.3 is 4.84 Å². The fourth-order valence-corrected chi connectivity index (χ4v) is 2.44. The lowest BCUT2D eigenvalue weighted by Gasteiger charge is -2.25. The average Bonchev–Trinajstić information content (AvgIpc) is 2.49. The number of amides is 2. The first-order chi connectivity index (χ1) is 10.1. The molecular formula is C16H13NO4. The number of hydroxylamine groups is 2. The predicted molar refractivity (Wildman–Crippen MR) is 75.4 cm³/mol. The summed E-state index contributed by atoms with van der Waals surface area (Å²) in [6.07, 6.45) is 0.740. The van der Waals surface area contributed by atoms with Crippen molar-refractivity contribution in [3.63, 3.8) is 0 Å². The topological polar surface area (TPSA) is 63.7 Å². The first-order valence-corrected chi connectivity index (χ1v) is 6.74. The molecule has 0 radical (unpaired) electrons. The van der Waals surface area contributed by atoms with Crippen LogP contribution in [0.4, 0.5) is 0 Å². The summed E-state index contributed by atoms with van der Waals surface area (Å²) < 4.78 is 0. The van der Waals surface area contributed by atoms with E-state index >= 15 is 0 Å². The zero-order valence-corrected chi connectivity index (χ0v) is 11.5. The first-order valence-electron chi connectivity index (χ1n) is 6.74. The fraction of sp³-hybridized carbons (Fsp3) is 0.188. The van der Waals surface area contributed by atoms with E-state index in [1.165, 1.54) is 0 Å². The van der Waals surface area contributed by atoms with E-state index in [0.29, 0.717) is 28.0 Å². The molecular weight excluding hydrogens is 270 g/mol. The lowest BCUT2D eigenvalue weighted by atomic mass is 9.95. The first kappa shape index (κ1) is 13.3. The highest BCUT2D eigenvalue weighted by molar-refractivity contribution is 6.25. The van der Waals surface area contributed by atoms with Crippen LogP contribution in [0.15, 0.2) is 36.4 Å². The molecule has 1 aliphatic heterocycles. The van der Waals surface area contributed by atoms with Crippen LogP contribution >= 0.6 is 0 Å². The minimum atomic E-state index is -0.603. The third kappa shape index (κ3) is 2.07. The quantitative estimate of drug-likeness (QED) is 0.812. The highest BCUT2D eigenvalue weighted by atomic mass is 16.7. The van der Waals surface area contributed by atoms with Gasteiger partial charge in [0.2, 0.25) is 0 Å².